The van der Waals surface area contributed by atoms with Crippen LogP contribution >= 0.6 is 0 Å². The Labute approximate surface area is 103 Å². The van der Waals surface area contributed by atoms with Crippen LogP contribution in [0.3, 0.4) is 0 Å². The van der Waals surface area contributed by atoms with E-state index < -0.39 is 0 Å². The van der Waals surface area contributed by atoms with Crippen molar-refractivity contribution < 1.29 is 4.79 Å². The molecule has 0 spiro atoms. The van der Waals surface area contributed by atoms with Gasteiger partial charge >= 0.3 is 0 Å². The van der Waals surface area contributed by atoms with Gasteiger partial charge in [0, 0.05) is 17.6 Å². The molecule has 0 aliphatic heterocycles. The summed E-state index contributed by atoms with van der Waals surface area (Å²) in [5.41, 5.74) is 7.63. The molecule has 1 aromatic rings. The molecule has 1 amide bonds. The average Bonchev–Trinajstić information content (AvgIpc) is 2.35. The maximum atomic E-state index is 11.9. The summed E-state index contributed by atoms with van der Waals surface area (Å²) in [4.78, 5) is 11.9. The largest absolute Gasteiger partial charge is 0.350 e. The van der Waals surface area contributed by atoms with E-state index in [0.717, 1.165) is 18.4 Å². The van der Waals surface area contributed by atoms with Crippen LogP contribution in [0.2, 0.25) is 0 Å². The molecule has 0 fully saturated rings. The van der Waals surface area contributed by atoms with Crippen molar-refractivity contribution in [3.63, 3.8) is 0 Å². The number of rotatable bonds is 5. The Hall–Kier alpha value is -1.35. The van der Waals surface area contributed by atoms with E-state index in [1.807, 2.05) is 45.0 Å². The van der Waals surface area contributed by atoms with Crippen molar-refractivity contribution in [2.24, 2.45) is 5.73 Å². The van der Waals surface area contributed by atoms with Gasteiger partial charge in [-0.05, 0) is 31.9 Å². The van der Waals surface area contributed by atoms with Crippen LogP contribution in [0, 0.1) is 6.92 Å². The van der Waals surface area contributed by atoms with Crippen LogP contribution in [0.5, 0.6) is 0 Å². The van der Waals surface area contributed by atoms with Crippen LogP contribution in [0.15, 0.2) is 24.3 Å². The Balaban J connectivity index is 2.62. The number of aryl methyl sites for hydroxylation is 1. The van der Waals surface area contributed by atoms with Crippen molar-refractivity contribution in [1.82, 2.24) is 5.32 Å². The molecule has 3 heteroatoms. The normalized spacial score (nSPS) is 11.3. The molecule has 0 saturated carbocycles. The fourth-order valence-electron chi connectivity index (χ4n) is 1.64. The highest BCUT2D eigenvalue weighted by Gasteiger charge is 2.21. The van der Waals surface area contributed by atoms with E-state index in [1.165, 1.54) is 0 Å². The number of hydrogen-bond acceptors (Lipinski definition) is 2. The molecule has 0 aliphatic carbocycles. The fraction of sp³-hybridized carbons (Fsp3) is 0.500. The van der Waals surface area contributed by atoms with Gasteiger partial charge in [-0.1, -0.05) is 31.5 Å². The van der Waals surface area contributed by atoms with Crippen LogP contribution in [0.4, 0.5) is 0 Å². The maximum absolute atomic E-state index is 11.9. The number of hydrogen-bond donors (Lipinski definition) is 2. The molecule has 1 rings (SSSR count). The van der Waals surface area contributed by atoms with Crippen LogP contribution in [-0.2, 0) is 0 Å². The average molecular weight is 234 g/mol. The smallest absolute Gasteiger partial charge is 0.251 e. The monoisotopic (exact) mass is 234 g/mol. The number of carbonyl (C=O) groups is 1. The van der Waals surface area contributed by atoms with Gasteiger partial charge in [-0.25, -0.2) is 0 Å². The van der Waals surface area contributed by atoms with Gasteiger partial charge in [0.1, 0.15) is 0 Å². The first-order valence-electron chi connectivity index (χ1n) is 6.14. The third-order valence-corrected chi connectivity index (χ3v) is 3.29. The number of amides is 1. The van der Waals surface area contributed by atoms with Gasteiger partial charge in [-0.15, -0.1) is 0 Å². The van der Waals surface area contributed by atoms with Gasteiger partial charge in [-0.3, -0.25) is 4.79 Å². The van der Waals surface area contributed by atoms with E-state index in [1.54, 1.807) is 0 Å². The summed E-state index contributed by atoms with van der Waals surface area (Å²) < 4.78 is 0. The molecule has 17 heavy (non-hydrogen) atoms. The summed E-state index contributed by atoms with van der Waals surface area (Å²) in [5.74, 6) is -0.0505. The molecule has 0 aliphatic rings. The van der Waals surface area contributed by atoms with Gasteiger partial charge in [0.25, 0.3) is 5.91 Å². The molecule has 94 valence electrons. The third kappa shape index (κ3) is 3.86. The Kier molecular flexibility index (Phi) is 4.70. The molecule has 0 unspecified atom stereocenters. The molecule has 0 atom stereocenters. The zero-order valence-corrected chi connectivity index (χ0v) is 10.9. The van der Waals surface area contributed by atoms with Gasteiger partial charge < -0.3 is 11.1 Å². The third-order valence-electron chi connectivity index (χ3n) is 3.29. The second-order valence-electron chi connectivity index (χ2n) is 4.62. The first-order chi connectivity index (χ1) is 8.00. The van der Waals surface area contributed by atoms with Crippen molar-refractivity contribution in [1.29, 1.82) is 0 Å². The zero-order chi connectivity index (χ0) is 12.9. The molecule has 0 radical (unpaired) electrons. The first kappa shape index (κ1) is 13.7. The molecule has 0 heterocycles. The molecular weight excluding hydrogens is 212 g/mol. The van der Waals surface area contributed by atoms with Crippen LogP contribution in [-0.4, -0.2) is 18.0 Å². The zero-order valence-electron chi connectivity index (χ0n) is 10.9. The number of benzene rings is 1. The van der Waals surface area contributed by atoms with E-state index in [4.69, 9.17) is 5.73 Å². The highest BCUT2D eigenvalue weighted by molar-refractivity contribution is 5.94. The Morgan fingerprint density at radius 2 is 2.00 bits per heavy atom. The molecule has 0 bridgehead atoms. The molecule has 1 aromatic carbocycles. The highest BCUT2D eigenvalue weighted by atomic mass is 16.1. The van der Waals surface area contributed by atoms with Crippen molar-refractivity contribution >= 4 is 5.91 Å². The van der Waals surface area contributed by atoms with Crippen molar-refractivity contribution in [2.75, 3.05) is 6.54 Å². The standard InChI is InChI=1S/C14H22N2O/c1-4-14(15,5-2)10-16-13(17)12-8-6-7-11(3)9-12/h6-9H,4-5,10,15H2,1-3H3,(H,16,17). The van der Waals surface area contributed by atoms with E-state index in [0.29, 0.717) is 12.1 Å². The Bertz CT molecular complexity index is 384. The predicted octanol–water partition coefficient (Wildman–Crippen LogP) is 2.24. The lowest BCUT2D eigenvalue weighted by molar-refractivity contribution is 0.0942. The SMILES string of the molecule is CCC(N)(CC)CNC(=O)c1cccc(C)c1. The van der Waals surface area contributed by atoms with Gasteiger partial charge in [0.05, 0.1) is 0 Å². The van der Waals surface area contributed by atoms with Crippen molar-refractivity contribution in [2.45, 2.75) is 39.2 Å². The lowest BCUT2D eigenvalue weighted by Crippen LogP contribution is -2.49. The van der Waals surface area contributed by atoms with E-state index in [9.17, 15) is 4.79 Å². The summed E-state index contributed by atoms with van der Waals surface area (Å²) in [6, 6.07) is 7.56. The first-order valence-corrected chi connectivity index (χ1v) is 6.14. The number of carbonyl (C=O) groups excluding carboxylic acids is 1. The topological polar surface area (TPSA) is 55.1 Å². The number of nitrogens with one attached hydrogen (secondary N) is 1. The van der Waals surface area contributed by atoms with Gasteiger partial charge in [0.2, 0.25) is 0 Å². The summed E-state index contributed by atoms with van der Waals surface area (Å²) in [5, 5.41) is 2.90. The summed E-state index contributed by atoms with van der Waals surface area (Å²) in [6.07, 6.45) is 1.72. The molecular formula is C14H22N2O. The quantitative estimate of drug-likeness (QED) is 0.821. The van der Waals surface area contributed by atoms with Crippen LogP contribution < -0.4 is 11.1 Å². The summed E-state index contributed by atoms with van der Waals surface area (Å²) in [7, 11) is 0. The highest BCUT2D eigenvalue weighted by Crippen LogP contribution is 2.10. The van der Waals surface area contributed by atoms with E-state index in [-0.39, 0.29) is 11.4 Å². The van der Waals surface area contributed by atoms with Gasteiger partial charge in [-0.2, -0.15) is 0 Å². The fourth-order valence-corrected chi connectivity index (χ4v) is 1.64. The lowest BCUT2D eigenvalue weighted by atomic mass is 9.94. The van der Waals surface area contributed by atoms with Crippen molar-refractivity contribution in [3.8, 4) is 0 Å². The minimum atomic E-state index is -0.292. The molecule has 3 nitrogen and oxygen atoms in total. The second kappa shape index (κ2) is 5.82. The summed E-state index contributed by atoms with van der Waals surface area (Å²) in [6.45, 7) is 6.58. The van der Waals surface area contributed by atoms with Crippen molar-refractivity contribution in [3.05, 3.63) is 35.4 Å². The predicted molar refractivity (Wildman–Crippen MR) is 71.0 cm³/mol. The van der Waals surface area contributed by atoms with Crippen LogP contribution in [0.25, 0.3) is 0 Å². The number of nitrogens with two attached hydrogens (primary N) is 1. The second-order valence-corrected chi connectivity index (χ2v) is 4.62. The van der Waals surface area contributed by atoms with Crippen LogP contribution in [0.1, 0.15) is 42.6 Å². The Morgan fingerprint density at radius 1 is 1.35 bits per heavy atom. The lowest BCUT2D eigenvalue weighted by Gasteiger charge is -2.26. The Morgan fingerprint density at radius 3 is 2.53 bits per heavy atom. The maximum Gasteiger partial charge on any atom is 0.251 e. The molecule has 0 saturated heterocycles. The van der Waals surface area contributed by atoms with E-state index >= 15 is 0 Å². The van der Waals surface area contributed by atoms with Gasteiger partial charge in [0.15, 0.2) is 0 Å². The van der Waals surface area contributed by atoms with E-state index in [2.05, 4.69) is 5.32 Å². The summed E-state index contributed by atoms with van der Waals surface area (Å²) >= 11 is 0. The minimum absolute atomic E-state index is 0.0505. The molecule has 3 N–H and O–H groups in total. The molecule has 0 aromatic heterocycles. The minimum Gasteiger partial charge on any atom is -0.350 e.